The summed E-state index contributed by atoms with van der Waals surface area (Å²) in [5.41, 5.74) is 7.99. The first-order valence-electron chi connectivity index (χ1n) is 7.17. The molecule has 2 N–H and O–H groups in total. The number of hydrogen-bond donors (Lipinski definition) is 1. The molecule has 0 spiro atoms. The number of rotatable bonds is 5. The average Bonchev–Trinajstić information content (AvgIpc) is 2.90. The van der Waals surface area contributed by atoms with Gasteiger partial charge in [-0.3, -0.25) is 0 Å². The molecule has 1 saturated carbocycles. The molecular formula is C14H26N4. The Bertz CT molecular complexity index is 391. The zero-order valence-corrected chi connectivity index (χ0v) is 11.9. The molecule has 0 radical (unpaired) electrons. The molecule has 0 bridgehead atoms. The van der Waals surface area contributed by atoms with Gasteiger partial charge in [-0.05, 0) is 32.1 Å². The molecule has 2 rings (SSSR count). The highest BCUT2D eigenvalue weighted by Gasteiger charge is 2.21. The third kappa shape index (κ3) is 2.62. The monoisotopic (exact) mass is 250 g/mol. The van der Waals surface area contributed by atoms with Crippen molar-refractivity contribution < 1.29 is 0 Å². The van der Waals surface area contributed by atoms with Crippen molar-refractivity contribution in [3.8, 4) is 0 Å². The fourth-order valence-electron chi connectivity index (χ4n) is 3.02. The van der Waals surface area contributed by atoms with E-state index in [2.05, 4.69) is 28.7 Å². The van der Waals surface area contributed by atoms with E-state index in [1.54, 1.807) is 0 Å². The molecular weight excluding hydrogens is 224 g/mol. The first-order valence-corrected chi connectivity index (χ1v) is 7.17. The number of anilines is 2. The molecule has 18 heavy (non-hydrogen) atoms. The first kappa shape index (κ1) is 13.2. The Morgan fingerprint density at radius 3 is 2.67 bits per heavy atom. The molecule has 4 nitrogen and oxygen atoms in total. The lowest BCUT2D eigenvalue weighted by Crippen LogP contribution is -2.27. The Morgan fingerprint density at radius 2 is 2.06 bits per heavy atom. The molecule has 1 aliphatic rings. The second-order valence-electron chi connectivity index (χ2n) is 5.58. The van der Waals surface area contributed by atoms with E-state index in [4.69, 9.17) is 5.73 Å². The molecule has 0 unspecified atom stereocenters. The van der Waals surface area contributed by atoms with Crippen molar-refractivity contribution in [3.63, 3.8) is 0 Å². The summed E-state index contributed by atoms with van der Waals surface area (Å²) < 4.78 is 2.07. The van der Waals surface area contributed by atoms with Gasteiger partial charge < -0.3 is 10.6 Å². The number of nitrogen functional groups attached to an aromatic ring is 1. The number of aromatic nitrogens is 2. The average molecular weight is 250 g/mol. The van der Waals surface area contributed by atoms with E-state index >= 15 is 0 Å². The minimum atomic E-state index is 0.833. The molecule has 1 heterocycles. The number of hydrogen-bond acceptors (Lipinski definition) is 3. The summed E-state index contributed by atoms with van der Waals surface area (Å²) in [7, 11) is 2.15. The van der Waals surface area contributed by atoms with Gasteiger partial charge in [0.1, 0.15) is 5.82 Å². The van der Waals surface area contributed by atoms with Crippen molar-refractivity contribution in [2.75, 3.05) is 24.2 Å². The van der Waals surface area contributed by atoms with Gasteiger partial charge in [0.25, 0.3) is 0 Å². The maximum atomic E-state index is 6.18. The van der Waals surface area contributed by atoms with Crippen LogP contribution in [0.3, 0.4) is 0 Å². The van der Waals surface area contributed by atoms with E-state index in [1.807, 2.05) is 6.92 Å². The number of nitrogens with zero attached hydrogens (tertiary/aromatic N) is 3. The van der Waals surface area contributed by atoms with Gasteiger partial charge >= 0.3 is 0 Å². The largest absolute Gasteiger partial charge is 0.394 e. The first-order chi connectivity index (χ1) is 8.63. The number of nitrogens with two attached hydrogens (primary N) is 1. The van der Waals surface area contributed by atoms with Crippen molar-refractivity contribution in [1.29, 1.82) is 0 Å². The maximum Gasteiger partial charge on any atom is 0.150 e. The third-order valence-electron chi connectivity index (χ3n) is 3.95. The van der Waals surface area contributed by atoms with Gasteiger partial charge in [0, 0.05) is 20.1 Å². The minimum Gasteiger partial charge on any atom is -0.394 e. The van der Waals surface area contributed by atoms with E-state index in [9.17, 15) is 0 Å². The van der Waals surface area contributed by atoms with Crippen LogP contribution in [0.4, 0.5) is 11.5 Å². The molecule has 102 valence electrons. The Labute approximate surface area is 110 Å². The zero-order chi connectivity index (χ0) is 13.1. The van der Waals surface area contributed by atoms with Crippen molar-refractivity contribution >= 4 is 11.5 Å². The highest BCUT2D eigenvalue weighted by atomic mass is 15.4. The van der Waals surface area contributed by atoms with Crippen molar-refractivity contribution in [3.05, 3.63) is 5.69 Å². The molecule has 4 heteroatoms. The van der Waals surface area contributed by atoms with Crippen LogP contribution < -0.4 is 10.6 Å². The molecule has 1 aromatic heterocycles. The molecule has 0 aromatic carbocycles. The van der Waals surface area contributed by atoms with Gasteiger partial charge in [0.2, 0.25) is 0 Å². The Morgan fingerprint density at radius 1 is 1.39 bits per heavy atom. The van der Waals surface area contributed by atoms with Crippen molar-refractivity contribution in [2.45, 2.75) is 52.5 Å². The van der Waals surface area contributed by atoms with Gasteiger partial charge in [-0.2, -0.15) is 5.10 Å². The minimum absolute atomic E-state index is 0.833. The van der Waals surface area contributed by atoms with Crippen LogP contribution in [0.25, 0.3) is 0 Å². The highest BCUT2D eigenvalue weighted by molar-refractivity contribution is 5.65. The quantitative estimate of drug-likeness (QED) is 0.874. The van der Waals surface area contributed by atoms with Crippen LogP contribution in [0, 0.1) is 12.8 Å². The van der Waals surface area contributed by atoms with Gasteiger partial charge in [0.15, 0.2) is 0 Å². The van der Waals surface area contributed by atoms with E-state index in [0.29, 0.717) is 0 Å². The van der Waals surface area contributed by atoms with Crippen LogP contribution in [0.2, 0.25) is 0 Å². The molecule has 0 aliphatic heterocycles. The fraction of sp³-hybridized carbons (Fsp3) is 0.786. The smallest absolute Gasteiger partial charge is 0.150 e. The van der Waals surface area contributed by atoms with Crippen LogP contribution in [0.1, 0.15) is 44.7 Å². The summed E-state index contributed by atoms with van der Waals surface area (Å²) in [5.74, 6) is 1.95. The second-order valence-corrected chi connectivity index (χ2v) is 5.58. The summed E-state index contributed by atoms with van der Waals surface area (Å²) in [6.07, 6.45) is 6.60. The molecule has 1 fully saturated rings. The molecule has 0 amide bonds. The Hall–Kier alpha value is -1.19. The lowest BCUT2D eigenvalue weighted by atomic mass is 10.1. The summed E-state index contributed by atoms with van der Waals surface area (Å²) in [4.78, 5) is 2.31. The third-order valence-corrected chi connectivity index (χ3v) is 3.95. The predicted molar refractivity (Wildman–Crippen MR) is 76.9 cm³/mol. The fourth-order valence-corrected chi connectivity index (χ4v) is 3.02. The molecule has 0 saturated heterocycles. The van der Waals surface area contributed by atoms with Crippen LogP contribution in [-0.4, -0.2) is 23.4 Å². The molecule has 1 aromatic rings. The summed E-state index contributed by atoms with van der Waals surface area (Å²) in [6, 6.07) is 0. The van der Waals surface area contributed by atoms with Crippen molar-refractivity contribution in [2.24, 2.45) is 5.92 Å². The van der Waals surface area contributed by atoms with Crippen molar-refractivity contribution in [1.82, 2.24) is 9.78 Å². The van der Waals surface area contributed by atoms with Crippen LogP contribution >= 0.6 is 0 Å². The van der Waals surface area contributed by atoms with Gasteiger partial charge in [-0.25, -0.2) is 4.68 Å². The van der Waals surface area contributed by atoms with E-state index in [-0.39, 0.29) is 0 Å². The topological polar surface area (TPSA) is 47.1 Å². The summed E-state index contributed by atoms with van der Waals surface area (Å²) >= 11 is 0. The Balaban J connectivity index is 2.14. The lowest BCUT2D eigenvalue weighted by Gasteiger charge is -2.24. The van der Waals surface area contributed by atoms with Crippen LogP contribution in [0.5, 0.6) is 0 Å². The second kappa shape index (κ2) is 5.63. The normalized spacial score (nSPS) is 16.4. The highest BCUT2D eigenvalue weighted by Crippen LogP contribution is 2.30. The summed E-state index contributed by atoms with van der Waals surface area (Å²) in [6.45, 7) is 6.23. The molecule has 1 aliphatic carbocycles. The number of aryl methyl sites for hydroxylation is 2. The van der Waals surface area contributed by atoms with Crippen LogP contribution in [-0.2, 0) is 6.54 Å². The molecule has 0 atom stereocenters. The zero-order valence-electron chi connectivity index (χ0n) is 11.9. The van der Waals surface area contributed by atoms with E-state index < -0.39 is 0 Å². The predicted octanol–water partition coefficient (Wildman–Crippen LogP) is 2.81. The van der Waals surface area contributed by atoms with Gasteiger partial charge in [-0.1, -0.05) is 19.8 Å². The van der Waals surface area contributed by atoms with Crippen LogP contribution in [0.15, 0.2) is 0 Å². The van der Waals surface area contributed by atoms with Gasteiger partial charge in [0.05, 0.1) is 11.4 Å². The summed E-state index contributed by atoms with van der Waals surface area (Å²) in [5, 5.41) is 4.55. The van der Waals surface area contributed by atoms with Gasteiger partial charge in [-0.15, -0.1) is 0 Å². The lowest BCUT2D eigenvalue weighted by molar-refractivity contribution is 0.528. The standard InChI is InChI=1S/C14H26N4/c1-4-9-18-14(13(15)11(2)16-18)17(3)10-12-7-5-6-8-12/h12H,4-10,15H2,1-3H3. The SMILES string of the molecule is CCCn1nc(C)c(N)c1N(C)CC1CCCC1. The Kier molecular flexibility index (Phi) is 4.15. The van der Waals surface area contributed by atoms with E-state index in [0.717, 1.165) is 42.6 Å². The maximum absolute atomic E-state index is 6.18. The van der Waals surface area contributed by atoms with E-state index in [1.165, 1.54) is 25.7 Å².